The Morgan fingerprint density at radius 2 is 1.79 bits per heavy atom. The fourth-order valence-electron chi connectivity index (χ4n) is 4.61. The Hall–Kier alpha value is -4.00. The first-order valence-electron chi connectivity index (χ1n) is 11.1. The lowest BCUT2D eigenvalue weighted by Gasteiger charge is -2.45. The van der Waals surface area contributed by atoms with E-state index in [9.17, 15) is 14.7 Å². The zero-order chi connectivity index (χ0) is 22.9. The molecule has 1 N–H and O–H groups in total. The molecule has 33 heavy (non-hydrogen) atoms. The van der Waals surface area contributed by atoms with Crippen molar-refractivity contribution in [2.75, 3.05) is 18.3 Å². The van der Waals surface area contributed by atoms with Crippen molar-refractivity contribution in [3.8, 4) is 11.5 Å². The second kappa shape index (κ2) is 8.50. The van der Waals surface area contributed by atoms with Gasteiger partial charge in [-0.1, -0.05) is 61.5 Å². The molecule has 7 heteroatoms. The van der Waals surface area contributed by atoms with Crippen LogP contribution in [-0.2, 0) is 0 Å². The van der Waals surface area contributed by atoms with Gasteiger partial charge in [0.15, 0.2) is 11.4 Å². The number of aromatic hydroxyl groups is 1. The molecular formula is C26H25N3O4. The summed E-state index contributed by atoms with van der Waals surface area (Å²) in [6.07, 6.45) is 6.10. The lowest BCUT2D eigenvalue weighted by molar-refractivity contribution is 0.0626. The van der Waals surface area contributed by atoms with Gasteiger partial charge in [0.25, 0.3) is 5.91 Å². The van der Waals surface area contributed by atoms with Crippen LogP contribution in [0.4, 0.5) is 0 Å². The summed E-state index contributed by atoms with van der Waals surface area (Å²) < 4.78 is 7.75. The number of carbonyl (C=O) groups excluding carboxylic acids is 1. The fourth-order valence-corrected chi connectivity index (χ4v) is 4.61. The Balaban J connectivity index is 1.81. The van der Waals surface area contributed by atoms with Crippen LogP contribution < -0.4 is 15.2 Å². The van der Waals surface area contributed by atoms with Crippen molar-refractivity contribution in [1.29, 1.82) is 0 Å². The zero-order valence-corrected chi connectivity index (χ0v) is 18.3. The summed E-state index contributed by atoms with van der Waals surface area (Å²) in [5, 5.41) is 12.7. The highest BCUT2D eigenvalue weighted by Gasteiger charge is 2.39. The van der Waals surface area contributed by atoms with Crippen LogP contribution in [0.2, 0.25) is 0 Å². The van der Waals surface area contributed by atoms with Crippen molar-refractivity contribution >= 4 is 5.91 Å². The van der Waals surface area contributed by atoms with Crippen molar-refractivity contribution in [2.24, 2.45) is 0 Å². The van der Waals surface area contributed by atoms with Crippen LogP contribution in [0.15, 0.2) is 83.8 Å². The largest absolute Gasteiger partial charge is 0.502 e. The van der Waals surface area contributed by atoms with Gasteiger partial charge < -0.3 is 14.7 Å². The van der Waals surface area contributed by atoms with Crippen LogP contribution >= 0.6 is 0 Å². The Bertz CT molecular complexity index is 1270. The van der Waals surface area contributed by atoms with Gasteiger partial charge in [0.1, 0.15) is 25.1 Å². The smallest absolute Gasteiger partial charge is 0.278 e. The average molecular weight is 444 g/mol. The Labute approximate surface area is 191 Å². The monoisotopic (exact) mass is 443 g/mol. The number of fused-ring (bicyclic) bond motifs is 5. The summed E-state index contributed by atoms with van der Waals surface area (Å²) in [5.74, 6) is -0.179. The summed E-state index contributed by atoms with van der Waals surface area (Å²) in [6.45, 7) is 2.64. The number of hydrogen-bond donors (Lipinski definition) is 1. The number of nitrogens with zero attached hydrogens (tertiary/aromatic N) is 3. The van der Waals surface area contributed by atoms with E-state index >= 15 is 0 Å². The van der Waals surface area contributed by atoms with Crippen molar-refractivity contribution in [1.82, 2.24) is 9.58 Å². The molecule has 5 rings (SSSR count). The van der Waals surface area contributed by atoms with Gasteiger partial charge in [-0.25, -0.2) is 0 Å². The van der Waals surface area contributed by atoms with Crippen LogP contribution in [0.25, 0.3) is 0 Å². The summed E-state index contributed by atoms with van der Waals surface area (Å²) in [6, 6.07) is 18.5. The molecule has 1 aromatic heterocycles. The predicted molar refractivity (Wildman–Crippen MR) is 125 cm³/mol. The number of benzene rings is 2. The molecular weight excluding hydrogens is 418 g/mol. The van der Waals surface area contributed by atoms with Crippen molar-refractivity contribution < 1.29 is 14.6 Å². The molecule has 0 radical (unpaired) electrons. The first-order valence-corrected chi connectivity index (χ1v) is 11.1. The summed E-state index contributed by atoms with van der Waals surface area (Å²) in [7, 11) is 0. The minimum Gasteiger partial charge on any atom is -0.502 e. The minimum atomic E-state index is -0.579. The number of hydrogen-bond acceptors (Lipinski definition) is 5. The number of rotatable bonds is 2. The molecule has 0 spiro atoms. The number of pyridine rings is 1. The van der Waals surface area contributed by atoms with Gasteiger partial charge in [0, 0.05) is 17.8 Å². The van der Waals surface area contributed by atoms with Crippen LogP contribution in [-0.4, -0.2) is 39.9 Å². The van der Waals surface area contributed by atoms with Crippen LogP contribution in [0, 0.1) is 0 Å². The lowest BCUT2D eigenvalue weighted by atomic mass is 9.97. The molecule has 1 amide bonds. The van der Waals surface area contributed by atoms with Gasteiger partial charge in [-0.05, 0) is 24.1 Å². The molecule has 0 fully saturated rings. The number of para-hydroxylation sites is 1. The lowest BCUT2D eigenvalue weighted by Crippen LogP contribution is -2.57. The van der Waals surface area contributed by atoms with Crippen molar-refractivity contribution in [2.45, 2.75) is 25.4 Å². The molecule has 0 aliphatic carbocycles. The van der Waals surface area contributed by atoms with Crippen LogP contribution in [0.1, 0.15) is 41.0 Å². The first kappa shape index (κ1) is 20.9. The zero-order valence-electron chi connectivity index (χ0n) is 18.3. The minimum absolute atomic E-state index is 0.0285. The first-order chi connectivity index (χ1) is 16.1. The second-order valence-corrected chi connectivity index (χ2v) is 8.14. The van der Waals surface area contributed by atoms with E-state index in [1.165, 1.54) is 6.07 Å². The summed E-state index contributed by atoms with van der Waals surface area (Å²) in [4.78, 5) is 27.5. The second-order valence-electron chi connectivity index (χ2n) is 8.14. The van der Waals surface area contributed by atoms with Gasteiger partial charge in [0.2, 0.25) is 5.43 Å². The van der Waals surface area contributed by atoms with Gasteiger partial charge >= 0.3 is 0 Å². The molecule has 3 aromatic rings. The highest BCUT2D eigenvalue weighted by molar-refractivity contribution is 5.96. The van der Waals surface area contributed by atoms with Gasteiger partial charge in [-0.3, -0.25) is 19.3 Å². The van der Waals surface area contributed by atoms with E-state index in [0.717, 1.165) is 16.9 Å². The third-order valence-electron chi connectivity index (χ3n) is 6.23. The highest BCUT2D eigenvalue weighted by atomic mass is 16.5. The third kappa shape index (κ3) is 3.55. The van der Waals surface area contributed by atoms with E-state index in [1.54, 1.807) is 15.8 Å². The molecule has 168 valence electrons. The maximum Gasteiger partial charge on any atom is 0.278 e. The molecule has 2 aliphatic heterocycles. The molecule has 2 atom stereocenters. The van der Waals surface area contributed by atoms with E-state index in [1.807, 2.05) is 78.7 Å². The number of amides is 1. The topological polar surface area (TPSA) is 75.0 Å². The van der Waals surface area contributed by atoms with E-state index < -0.39 is 11.2 Å². The van der Waals surface area contributed by atoms with Gasteiger partial charge in [-0.15, -0.1) is 0 Å². The maximum atomic E-state index is 13.5. The Morgan fingerprint density at radius 1 is 1.03 bits per heavy atom. The van der Waals surface area contributed by atoms with Gasteiger partial charge in [-0.2, -0.15) is 0 Å². The summed E-state index contributed by atoms with van der Waals surface area (Å²) >= 11 is 0. The summed E-state index contributed by atoms with van der Waals surface area (Å²) in [5.41, 5.74) is 1.31. The Kier molecular flexibility index (Phi) is 5.38. The third-order valence-corrected chi connectivity index (χ3v) is 6.23. The molecule has 0 saturated carbocycles. The highest BCUT2D eigenvalue weighted by Crippen LogP contribution is 2.37. The number of aromatic nitrogens is 1. The van der Waals surface area contributed by atoms with E-state index in [0.29, 0.717) is 13.0 Å². The SMILES string of the molecule is CC[C@@H]1/C=C\COc2ccccc2[C@@H](c2ccccc2)N2CN1C(=O)c1c(O)c(=O)ccn12. The fraction of sp³-hybridized carbons (Fsp3) is 0.231. The quantitative estimate of drug-likeness (QED) is 0.615. The molecule has 2 aromatic carbocycles. The number of ether oxygens (including phenoxy) is 1. The van der Waals surface area contributed by atoms with Crippen molar-refractivity contribution in [3.05, 3.63) is 106 Å². The molecule has 7 nitrogen and oxygen atoms in total. The van der Waals surface area contributed by atoms with E-state index in [4.69, 9.17) is 4.74 Å². The molecule has 0 unspecified atom stereocenters. The molecule has 3 heterocycles. The Morgan fingerprint density at radius 3 is 2.58 bits per heavy atom. The average Bonchev–Trinajstić information content (AvgIpc) is 2.87. The molecule has 2 bridgehead atoms. The van der Waals surface area contributed by atoms with E-state index in [2.05, 4.69) is 0 Å². The van der Waals surface area contributed by atoms with Crippen LogP contribution in [0.3, 0.4) is 0 Å². The molecule has 2 aliphatic rings. The van der Waals surface area contributed by atoms with Crippen LogP contribution in [0.5, 0.6) is 11.5 Å². The standard InChI is InChI=1S/C26H25N3O4/c1-2-19-11-8-16-33-22-13-7-6-12-20(22)23(18-9-4-3-5-10-18)29-17-27(19)26(32)24-25(31)21(30)14-15-28(24)29/h3-15,19,23,31H,2,16-17H2,1H3/b11-8-/t19-,23-/m1/s1. The molecule has 0 saturated heterocycles. The van der Waals surface area contributed by atoms with Crippen molar-refractivity contribution in [3.63, 3.8) is 0 Å². The predicted octanol–water partition coefficient (Wildman–Crippen LogP) is 3.42. The normalized spacial score (nSPS) is 20.8. The number of carbonyl (C=O) groups is 1. The van der Waals surface area contributed by atoms with E-state index in [-0.39, 0.29) is 30.4 Å². The maximum absolute atomic E-state index is 13.5. The van der Waals surface area contributed by atoms with Gasteiger partial charge in [0.05, 0.1) is 6.04 Å².